The lowest BCUT2D eigenvalue weighted by molar-refractivity contribution is 0.194. The first-order valence-electron chi connectivity index (χ1n) is 3.36. The first-order valence-corrected chi connectivity index (χ1v) is 3.74. The summed E-state index contributed by atoms with van der Waals surface area (Å²) in [4.78, 5) is 13.7. The molecule has 0 aliphatic carbocycles. The van der Waals surface area contributed by atoms with Crippen LogP contribution in [0.4, 0.5) is 9.18 Å². The highest BCUT2D eigenvalue weighted by molar-refractivity contribution is 6.31. The molecule has 0 aromatic carbocycles. The SMILES string of the molecule is O=C(O)NCc1ncc(F)cc1Cl. The summed E-state index contributed by atoms with van der Waals surface area (Å²) in [6.07, 6.45) is -0.202. The first kappa shape index (κ1) is 9.73. The summed E-state index contributed by atoms with van der Waals surface area (Å²) in [5.74, 6) is -0.552. The predicted octanol–water partition coefficient (Wildman–Crippen LogP) is 1.64. The molecule has 0 bridgehead atoms. The minimum Gasteiger partial charge on any atom is -0.465 e. The maximum absolute atomic E-state index is 12.5. The topological polar surface area (TPSA) is 62.2 Å². The third-order valence-corrected chi connectivity index (χ3v) is 1.62. The molecule has 0 saturated carbocycles. The molecule has 1 amide bonds. The van der Waals surface area contributed by atoms with E-state index in [1.807, 2.05) is 0 Å². The number of nitrogens with one attached hydrogen (secondary N) is 1. The predicted molar refractivity (Wildman–Crippen MR) is 44.1 cm³/mol. The fourth-order valence-electron chi connectivity index (χ4n) is 0.732. The highest BCUT2D eigenvalue weighted by Gasteiger charge is 2.04. The average molecular weight is 205 g/mol. The summed E-state index contributed by atoms with van der Waals surface area (Å²) in [7, 11) is 0. The number of aromatic nitrogens is 1. The Morgan fingerprint density at radius 1 is 1.77 bits per heavy atom. The van der Waals surface area contributed by atoms with Gasteiger partial charge in [0.2, 0.25) is 0 Å². The van der Waals surface area contributed by atoms with E-state index in [2.05, 4.69) is 10.3 Å². The monoisotopic (exact) mass is 204 g/mol. The van der Waals surface area contributed by atoms with Crippen molar-refractivity contribution in [2.45, 2.75) is 6.54 Å². The van der Waals surface area contributed by atoms with Gasteiger partial charge in [0.25, 0.3) is 0 Å². The molecule has 70 valence electrons. The van der Waals surface area contributed by atoms with Gasteiger partial charge in [-0.2, -0.15) is 0 Å². The fraction of sp³-hybridized carbons (Fsp3) is 0.143. The van der Waals surface area contributed by atoms with Gasteiger partial charge in [0.05, 0.1) is 23.5 Å². The smallest absolute Gasteiger partial charge is 0.404 e. The summed E-state index contributed by atoms with van der Waals surface area (Å²) >= 11 is 5.58. The van der Waals surface area contributed by atoms with Crippen LogP contribution in [0.1, 0.15) is 5.69 Å². The number of amides is 1. The van der Waals surface area contributed by atoms with Crippen LogP contribution >= 0.6 is 11.6 Å². The van der Waals surface area contributed by atoms with Crippen LogP contribution in [-0.2, 0) is 6.54 Å². The third kappa shape index (κ3) is 2.87. The van der Waals surface area contributed by atoms with Crippen molar-refractivity contribution in [2.75, 3.05) is 0 Å². The molecule has 0 saturated heterocycles. The number of halogens is 2. The number of carboxylic acid groups (broad SMARTS) is 1. The van der Waals surface area contributed by atoms with Crippen LogP contribution in [0.3, 0.4) is 0 Å². The van der Waals surface area contributed by atoms with Crippen LogP contribution < -0.4 is 5.32 Å². The van der Waals surface area contributed by atoms with Gasteiger partial charge in [-0.3, -0.25) is 4.98 Å². The largest absolute Gasteiger partial charge is 0.465 e. The summed E-state index contributed by atoms with van der Waals surface area (Å²) < 4.78 is 12.5. The fourth-order valence-corrected chi connectivity index (χ4v) is 0.952. The Hall–Kier alpha value is -1.36. The van der Waals surface area contributed by atoms with E-state index in [1.54, 1.807) is 0 Å². The average Bonchev–Trinajstić information content (AvgIpc) is 2.02. The van der Waals surface area contributed by atoms with Crippen LogP contribution in [0.15, 0.2) is 12.3 Å². The first-order chi connectivity index (χ1) is 6.09. The van der Waals surface area contributed by atoms with Crippen molar-refractivity contribution >= 4 is 17.7 Å². The quantitative estimate of drug-likeness (QED) is 0.770. The molecule has 1 aromatic rings. The Labute approximate surface area is 78.4 Å². The molecule has 0 unspecified atom stereocenters. The molecule has 0 radical (unpaired) electrons. The molecule has 13 heavy (non-hydrogen) atoms. The van der Waals surface area contributed by atoms with Crippen molar-refractivity contribution in [3.8, 4) is 0 Å². The Balaban J connectivity index is 2.72. The van der Waals surface area contributed by atoms with Gasteiger partial charge >= 0.3 is 6.09 Å². The lowest BCUT2D eigenvalue weighted by Gasteiger charge is -2.02. The third-order valence-electron chi connectivity index (χ3n) is 1.29. The molecular weight excluding hydrogens is 199 g/mol. The van der Waals surface area contributed by atoms with Gasteiger partial charge in [-0.15, -0.1) is 0 Å². The maximum Gasteiger partial charge on any atom is 0.404 e. The molecule has 0 atom stereocenters. The van der Waals surface area contributed by atoms with E-state index in [4.69, 9.17) is 16.7 Å². The second-order valence-electron chi connectivity index (χ2n) is 2.24. The van der Waals surface area contributed by atoms with Crippen LogP contribution in [0.25, 0.3) is 0 Å². The number of rotatable bonds is 2. The molecule has 1 aromatic heterocycles. The second kappa shape index (κ2) is 4.04. The molecule has 0 aliphatic rings. The zero-order valence-corrected chi connectivity index (χ0v) is 7.18. The van der Waals surface area contributed by atoms with Gasteiger partial charge in [-0.25, -0.2) is 9.18 Å². The van der Waals surface area contributed by atoms with Crippen LogP contribution in [-0.4, -0.2) is 16.2 Å². The van der Waals surface area contributed by atoms with Crippen molar-refractivity contribution in [2.24, 2.45) is 0 Å². The number of carbonyl (C=O) groups is 1. The number of pyridine rings is 1. The maximum atomic E-state index is 12.5. The molecule has 1 rings (SSSR count). The Morgan fingerprint density at radius 2 is 2.46 bits per heavy atom. The molecular formula is C7H6ClFN2O2. The molecule has 0 aliphatic heterocycles. The number of hydrogen-bond donors (Lipinski definition) is 2. The van der Waals surface area contributed by atoms with E-state index in [0.29, 0.717) is 5.69 Å². The molecule has 1 heterocycles. The van der Waals surface area contributed by atoms with Gasteiger partial charge in [0.15, 0.2) is 0 Å². The zero-order valence-electron chi connectivity index (χ0n) is 6.42. The molecule has 0 fully saturated rings. The number of hydrogen-bond acceptors (Lipinski definition) is 2. The van der Waals surface area contributed by atoms with Crippen molar-refractivity contribution in [3.05, 3.63) is 28.8 Å². The standard InChI is InChI=1S/C7H6ClFN2O2/c8-5-1-4(9)2-10-6(5)3-11-7(12)13/h1-2,11H,3H2,(H,12,13). The zero-order chi connectivity index (χ0) is 9.84. The van der Waals surface area contributed by atoms with Crippen LogP contribution in [0, 0.1) is 5.82 Å². The highest BCUT2D eigenvalue weighted by Crippen LogP contribution is 2.13. The van der Waals surface area contributed by atoms with Crippen LogP contribution in [0.5, 0.6) is 0 Å². The van der Waals surface area contributed by atoms with E-state index in [-0.39, 0.29) is 11.6 Å². The van der Waals surface area contributed by atoms with Gasteiger partial charge in [0, 0.05) is 0 Å². The molecule has 6 heteroatoms. The molecule has 2 N–H and O–H groups in total. The highest BCUT2D eigenvalue weighted by atomic mass is 35.5. The van der Waals surface area contributed by atoms with E-state index in [1.165, 1.54) is 0 Å². The van der Waals surface area contributed by atoms with Gasteiger partial charge in [-0.1, -0.05) is 11.6 Å². The summed E-state index contributed by atoms with van der Waals surface area (Å²) in [5, 5.41) is 10.4. The van der Waals surface area contributed by atoms with Crippen molar-refractivity contribution < 1.29 is 14.3 Å². The van der Waals surface area contributed by atoms with E-state index in [0.717, 1.165) is 12.3 Å². The van der Waals surface area contributed by atoms with Gasteiger partial charge in [-0.05, 0) is 6.07 Å². The van der Waals surface area contributed by atoms with Crippen molar-refractivity contribution in [1.82, 2.24) is 10.3 Å². The summed E-state index contributed by atoms with van der Waals surface area (Å²) in [6.45, 7) is -0.0333. The van der Waals surface area contributed by atoms with Crippen LogP contribution in [0.2, 0.25) is 5.02 Å². The Kier molecular flexibility index (Phi) is 3.02. The summed E-state index contributed by atoms with van der Waals surface area (Å²) in [6, 6.07) is 1.08. The lowest BCUT2D eigenvalue weighted by atomic mass is 10.3. The van der Waals surface area contributed by atoms with Gasteiger partial charge < -0.3 is 10.4 Å². The molecule has 0 spiro atoms. The second-order valence-corrected chi connectivity index (χ2v) is 2.65. The van der Waals surface area contributed by atoms with E-state index < -0.39 is 11.9 Å². The minimum absolute atomic E-state index is 0.0333. The normalized spacial score (nSPS) is 9.69. The Bertz CT molecular complexity index is 332. The van der Waals surface area contributed by atoms with Crippen molar-refractivity contribution in [1.29, 1.82) is 0 Å². The van der Waals surface area contributed by atoms with Gasteiger partial charge in [0.1, 0.15) is 5.82 Å². The summed E-state index contributed by atoms with van der Waals surface area (Å²) in [5.41, 5.74) is 0.297. The Morgan fingerprint density at radius 3 is 3.00 bits per heavy atom. The van der Waals surface area contributed by atoms with Crippen molar-refractivity contribution in [3.63, 3.8) is 0 Å². The molecule has 4 nitrogen and oxygen atoms in total. The van der Waals surface area contributed by atoms with E-state index in [9.17, 15) is 9.18 Å². The van der Waals surface area contributed by atoms with E-state index >= 15 is 0 Å². The minimum atomic E-state index is -1.18. The lowest BCUT2D eigenvalue weighted by Crippen LogP contribution is -2.20. The number of nitrogens with zero attached hydrogens (tertiary/aromatic N) is 1.